The lowest BCUT2D eigenvalue weighted by Gasteiger charge is -2.12. The molecule has 0 unspecified atom stereocenters. The van der Waals surface area contributed by atoms with E-state index in [4.69, 9.17) is 0 Å². The van der Waals surface area contributed by atoms with Crippen LogP contribution in [-0.2, 0) is 12.6 Å². The molecule has 2 aromatic carbocycles. The number of aromatic nitrogens is 2. The third kappa shape index (κ3) is 4.20. The Morgan fingerprint density at radius 3 is 2.38 bits per heavy atom. The lowest BCUT2D eigenvalue weighted by atomic mass is 10.1. The fourth-order valence-corrected chi connectivity index (χ4v) is 2.68. The van der Waals surface area contributed by atoms with Gasteiger partial charge in [0.25, 0.3) is 0 Å². The topological polar surface area (TPSA) is 37.8 Å². The number of nitrogens with zero attached hydrogens (tertiary/aromatic N) is 2. The zero-order chi connectivity index (χ0) is 18.6. The second-order valence-electron chi connectivity index (χ2n) is 5.90. The van der Waals surface area contributed by atoms with E-state index in [0.29, 0.717) is 17.1 Å². The summed E-state index contributed by atoms with van der Waals surface area (Å²) in [5.74, 6) is 0.596. The Bertz CT molecular complexity index is 874. The Hall–Kier alpha value is -2.89. The van der Waals surface area contributed by atoms with Crippen LogP contribution in [0.2, 0.25) is 0 Å². The van der Waals surface area contributed by atoms with Crippen molar-refractivity contribution < 1.29 is 13.2 Å². The highest BCUT2D eigenvalue weighted by Gasteiger charge is 2.30. The Morgan fingerprint density at radius 1 is 0.962 bits per heavy atom. The molecular weight excluding hydrogens is 339 g/mol. The quantitative estimate of drug-likeness (QED) is 0.622. The van der Waals surface area contributed by atoms with Crippen LogP contribution in [0.5, 0.6) is 0 Å². The van der Waals surface area contributed by atoms with Crippen LogP contribution < -0.4 is 5.32 Å². The predicted molar refractivity (Wildman–Crippen MR) is 96.2 cm³/mol. The number of hydrogen-bond acceptors (Lipinski definition) is 3. The van der Waals surface area contributed by atoms with Gasteiger partial charge in [0, 0.05) is 17.3 Å². The van der Waals surface area contributed by atoms with Crippen LogP contribution in [0.25, 0.3) is 11.3 Å². The summed E-state index contributed by atoms with van der Waals surface area (Å²) in [7, 11) is 0. The maximum absolute atomic E-state index is 12.7. The summed E-state index contributed by atoms with van der Waals surface area (Å²) < 4.78 is 38.1. The van der Waals surface area contributed by atoms with Gasteiger partial charge in [0.2, 0.25) is 0 Å². The van der Waals surface area contributed by atoms with Gasteiger partial charge in [-0.3, -0.25) is 0 Å². The van der Waals surface area contributed by atoms with E-state index in [2.05, 4.69) is 28.3 Å². The van der Waals surface area contributed by atoms with Crippen LogP contribution in [0.15, 0.2) is 60.9 Å². The average molecular weight is 357 g/mol. The Balaban J connectivity index is 1.85. The fourth-order valence-electron chi connectivity index (χ4n) is 2.68. The molecule has 0 atom stereocenters. The summed E-state index contributed by atoms with van der Waals surface area (Å²) in [6.45, 7) is 2.12. The lowest BCUT2D eigenvalue weighted by Crippen LogP contribution is -2.04. The van der Waals surface area contributed by atoms with Crippen molar-refractivity contribution in [2.45, 2.75) is 25.9 Å². The molecule has 0 fully saturated rings. The third-order valence-electron chi connectivity index (χ3n) is 3.97. The molecule has 0 aliphatic rings. The van der Waals surface area contributed by atoms with Crippen LogP contribution in [-0.4, -0.2) is 9.97 Å². The van der Waals surface area contributed by atoms with Crippen LogP contribution in [0.4, 0.5) is 24.7 Å². The minimum Gasteiger partial charge on any atom is -0.340 e. The first-order valence-corrected chi connectivity index (χ1v) is 8.32. The van der Waals surface area contributed by atoms with Crippen molar-refractivity contribution >= 4 is 11.5 Å². The van der Waals surface area contributed by atoms with Gasteiger partial charge in [-0.05, 0) is 30.2 Å². The molecule has 26 heavy (non-hydrogen) atoms. The first-order valence-electron chi connectivity index (χ1n) is 8.32. The van der Waals surface area contributed by atoms with Crippen molar-refractivity contribution in [3.8, 4) is 11.3 Å². The molecule has 3 rings (SSSR count). The molecule has 1 aromatic heterocycles. The average Bonchev–Trinajstić information content (AvgIpc) is 2.63. The van der Waals surface area contributed by atoms with Crippen LogP contribution >= 0.6 is 0 Å². The van der Waals surface area contributed by atoms with Gasteiger partial charge in [0.1, 0.15) is 12.1 Å². The van der Waals surface area contributed by atoms with Gasteiger partial charge in [-0.1, -0.05) is 43.7 Å². The SMILES string of the molecule is CCCc1ccccc1Nc1cc(-c2ccc(C(F)(F)F)cc2)ncn1. The molecule has 6 heteroatoms. The van der Waals surface area contributed by atoms with E-state index in [1.807, 2.05) is 18.2 Å². The smallest absolute Gasteiger partial charge is 0.340 e. The molecule has 0 radical (unpaired) electrons. The summed E-state index contributed by atoms with van der Waals surface area (Å²) >= 11 is 0. The zero-order valence-corrected chi connectivity index (χ0v) is 14.2. The number of hydrogen-bond donors (Lipinski definition) is 1. The van der Waals surface area contributed by atoms with E-state index in [0.717, 1.165) is 30.7 Å². The molecule has 3 nitrogen and oxygen atoms in total. The number of alkyl halides is 3. The van der Waals surface area contributed by atoms with Crippen LogP contribution in [0.3, 0.4) is 0 Å². The van der Waals surface area contributed by atoms with E-state index >= 15 is 0 Å². The third-order valence-corrected chi connectivity index (χ3v) is 3.97. The monoisotopic (exact) mass is 357 g/mol. The largest absolute Gasteiger partial charge is 0.416 e. The summed E-state index contributed by atoms with van der Waals surface area (Å²) in [5.41, 5.74) is 2.63. The van der Waals surface area contributed by atoms with Crippen LogP contribution in [0, 0.1) is 0 Å². The van der Waals surface area contributed by atoms with Gasteiger partial charge in [-0.25, -0.2) is 9.97 Å². The molecule has 0 spiro atoms. The Labute approximate surface area is 149 Å². The highest BCUT2D eigenvalue weighted by atomic mass is 19.4. The lowest BCUT2D eigenvalue weighted by molar-refractivity contribution is -0.137. The van der Waals surface area contributed by atoms with E-state index in [-0.39, 0.29) is 0 Å². The molecule has 1 heterocycles. The molecular formula is C20H18F3N3. The molecule has 134 valence electrons. The molecule has 0 aliphatic carbocycles. The van der Waals surface area contributed by atoms with E-state index in [1.165, 1.54) is 24.0 Å². The summed E-state index contributed by atoms with van der Waals surface area (Å²) in [6, 6.07) is 14.6. The first-order chi connectivity index (χ1) is 12.5. The van der Waals surface area contributed by atoms with E-state index in [1.54, 1.807) is 6.07 Å². The van der Waals surface area contributed by atoms with E-state index in [9.17, 15) is 13.2 Å². The van der Waals surface area contributed by atoms with Crippen molar-refractivity contribution in [3.05, 3.63) is 72.1 Å². The predicted octanol–water partition coefficient (Wildman–Crippen LogP) is 5.86. The standard InChI is InChI=1S/C20H18F3N3/c1-2-5-14-6-3-4-7-17(14)26-19-12-18(24-13-25-19)15-8-10-16(11-9-15)20(21,22)23/h3-4,6-13H,2,5H2,1H3,(H,24,25,26). The van der Waals surface area contributed by atoms with Gasteiger partial charge in [-0.15, -0.1) is 0 Å². The molecule has 0 saturated carbocycles. The molecule has 3 aromatic rings. The van der Waals surface area contributed by atoms with Crippen molar-refractivity contribution in [2.75, 3.05) is 5.32 Å². The van der Waals surface area contributed by atoms with Crippen molar-refractivity contribution in [1.29, 1.82) is 0 Å². The zero-order valence-electron chi connectivity index (χ0n) is 14.2. The highest BCUT2D eigenvalue weighted by molar-refractivity contribution is 5.66. The number of para-hydroxylation sites is 1. The maximum Gasteiger partial charge on any atom is 0.416 e. The maximum atomic E-state index is 12.7. The Kier molecular flexibility index (Phi) is 5.21. The molecule has 0 amide bonds. The normalized spacial score (nSPS) is 11.4. The minimum absolute atomic E-state index is 0.559. The number of benzene rings is 2. The summed E-state index contributed by atoms with van der Waals surface area (Å²) in [5, 5.41) is 3.27. The van der Waals surface area contributed by atoms with Gasteiger partial charge < -0.3 is 5.32 Å². The number of nitrogens with one attached hydrogen (secondary N) is 1. The number of anilines is 2. The molecule has 0 bridgehead atoms. The van der Waals surface area contributed by atoms with Gasteiger partial charge in [0.15, 0.2) is 0 Å². The second-order valence-corrected chi connectivity index (χ2v) is 5.90. The Morgan fingerprint density at radius 2 is 1.69 bits per heavy atom. The van der Waals surface area contributed by atoms with E-state index < -0.39 is 11.7 Å². The van der Waals surface area contributed by atoms with Gasteiger partial charge in [0.05, 0.1) is 11.3 Å². The number of aryl methyl sites for hydroxylation is 1. The van der Waals surface area contributed by atoms with Crippen LogP contribution in [0.1, 0.15) is 24.5 Å². The van der Waals surface area contributed by atoms with Crippen molar-refractivity contribution in [1.82, 2.24) is 9.97 Å². The molecule has 0 aliphatic heterocycles. The highest BCUT2D eigenvalue weighted by Crippen LogP contribution is 2.31. The summed E-state index contributed by atoms with van der Waals surface area (Å²) in [4.78, 5) is 8.39. The molecule has 0 saturated heterocycles. The number of rotatable bonds is 5. The van der Waals surface area contributed by atoms with Gasteiger partial charge in [-0.2, -0.15) is 13.2 Å². The minimum atomic E-state index is -4.35. The summed E-state index contributed by atoms with van der Waals surface area (Å²) in [6.07, 6.45) is -0.975. The first kappa shape index (κ1) is 17.9. The van der Waals surface area contributed by atoms with Crippen molar-refractivity contribution in [3.63, 3.8) is 0 Å². The van der Waals surface area contributed by atoms with Gasteiger partial charge >= 0.3 is 6.18 Å². The van der Waals surface area contributed by atoms with Crippen molar-refractivity contribution in [2.24, 2.45) is 0 Å². The fraction of sp³-hybridized carbons (Fsp3) is 0.200. The second kappa shape index (κ2) is 7.56. The molecule has 1 N–H and O–H groups in total. The number of halogens is 3.